The third-order valence-electron chi connectivity index (χ3n) is 9.93. The summed E-state index contributed by atoms with van der Waals surface area (Å²) in [6.45, 7) is 0. The van der Waals surface area contributed by atoms with Crippen LogP contribution < -0.4 is 5.32 Å². The van der Waals surface area contributed by atoms with Gasteiger partial charge in [-0.1, -0.05) is 12.2 Å². The van der Waals surface area contributed by atoms with Crippen LogP contribution in [0.2, 0.25) is 0 Å². The van der Waals surface area contributed by atoms with Gasteiger partial charge in [0.15, 0.2) is 0 Å². The van der Waals surface area contributed by atoms with Crippen LogP contribution in [0, 0.1) is 17.8 Å². The summed E-state index contributed by atoms with van der Waals surface area (Å²) in [5, 5.41) is 20.0. The number of fused-ring (bicyclic) bond motifs is 3. The topological polar surface area (TPSA) is 106 Å². The van der Waals surface area contributed by atoms with Gasteiger partial charge in [0.1, 0.15) is 0 Å². The normalized spacial score (nSPS) is 35.7. The third-order valence-corrected chi connectivity index (χ3v) is 9.93. The predicted molar refractivity (Wildman–Crippen MR) is 138 cm³/mol. The monoisotopic (exact) mass is 504 g/mol. The number of hydrogen-bond donors (Lipinski definition) is 2. The van der Waals surface area contributed by atoms with E-state index >= 15 is 0 Å². The van der Waals surface area contributed by atoms with Gasteiger partial charge in [-0.05, 0) is 75.5 Å². The molecule has 1 amide bonds. The molecule has 6 aliphatic rings. The first-order valence-electron chi connectivity index (χ1n) is 14.0. The highest BCUT2D eigenvalue weighted by Gasteiger charge is 2.56. The second-order valence-corrected chi connectivity index (χ2v) is 12.3. The maximum Gasteiger partial charge on any atom is 0.288 e. The van der Waals surface area contributed by atoms with Gasteiger partial charge in [0, 0.05) is 36.7 Å². The second kappa shape index (κ2) is 8.73. The van der Waals surface area contributed by atoms with Gasteiger partial charge in [-0.3, -0.25) is 19.3 Å². The molecule has 0 spiro atoms. The first-order chi connectivity index (χ1) is 17.9. The quantitative estimate of drug-likeness (QED) is 0.585. The molecular weight excluding hydrogens is 468 g/mol. The van der Waals surface area contributed by atoms with Gasteiger partial charge in [-0.2, -0.15) is 5.10 Å². The summed E-state index contributed by atoms with van der Waals surface area (Å²) in [6.07, 6.45) is 15.4. The third kappa shape index (κ3) is 3.95. The Balaban J connectivity index is 1.18. The van der Waals surface area contributed by atoms with Crippen molar-refractivity contribution in [3.63, 3.8) is 0 Å². The Morgan fingerprint density at radius 3 is 2.62 bits per heavy atom. The average molecular weight is 505 g/mol. The molecule has 0 radical (unpaired) electrons. The minimum absolute atomic E-state index is 0.0195. The summed E-state index contributed by atoms with van der Waals surface area (Å²) in [4.78, 5) is 30.6. The maximum absolute atomic E-state index is 13.1. The van der Waals surface area contributed by atoms with E-state index in [0.717, 1.165) is 86.4 Å². The molecule has 0 saturated heterocycles. The van der Waals surface area contributed by atoms with E-state index in [1.807, 2.05) is 6.20 Å². The first-order valence-corrected chi connectivity index (χ1v) is 14.0. The van der Waals surface area contributed by atoms with Gasteiger partial charge in [0.25, 0.3) is 5.91 Å². The number of carbonyl (C=O) groups is 2. The lowest BCUT2D eigenvalue weighted by molar-refractivity contribution is -0.148. The fourth-order valence-corrected chi connectivity index (χ4v) is 8.51. The van der Waals surface area contributed by atoms with Crippen molar-refractivity contribution >= 4 is 28.7 Å². The summed E-state index contributed by atoms with van der Waals surface area (Å²) < 4.78 is 7.60. The van der Waals surface area contributed by atoms with Crippen LogP contribution in [0.1, 0.15) is 80.8 Å². The predicted octanol–water partition coefficient (Wildman–Crippen LogP) is 3.30. The van der Waals surface area contributed by atoms with E-state index in [2.05, 4.69) is 22.2 Å². The van der Waals surface area contributed by atoms with Crippen molar-refractivity contribution < 1.29 is 19.4 Å². The number of aromatic nitrogens is 3. The van der Waals surface area contributed by atoms with Crippen LogP contribution in [0.25, 0.3) is 17.0 Å². The highest BCUT2D eigenvalue weighted by Crippen LogP contribution is 2.60. The zero-order valence-electron chi connectivity index (χ0n) is 21.5. The number of ether oxygens (including phenoxy) is 1. The van der Waals surface area contributed by atoms with Crippen LogP contribution >= 0.6 is 0 Å². The molecule has 8 nitrogen and oxygen atoms in total. The number of allylic oxidation sites excluding steroid dienone is 1. The number of aliphatic hydroxyl groups is 1. The number of carbonyl (C=O) groups excluding carboxylic acids is 2. The minimum atomic E-state index is -0.519. The number of pyridine rings is 1. The van der Waals surface area contributed by atoms with Gasteiger partial charge < -0.3 is 15.2 Å². The summed E-state index contributed by atoms with van der Waals surface area (Å²) in [6, 6.07) is 0.236. The number of Topliss-reactive ketones (excluding diaryl/α,β-unsaturated/α-hetero) is 1. The number of methoxy groups -OCH3 is 1. The fraction of sp³-hybridized carbons (Fsp3) is 0.655. The Hall–Kier alpha value is -2.58. The van der Waals surface area contributed by atoms with Gasteiger partial charge in [0.2, 0.25) is 5.78 Å². The SMILES string of the molecule is COC1CCC(NC(=O)C(=O)Cc2nn(C3[C@@H]4CC5C[C@H]3CC(O)(C5)C4)c3c4c(ncc23)CC=C4)CC1. The molecule has 3 unspecified atom stereocenters. The Kier molecular flexibility index (Phi) is 5.55. The Bertz CT molecular complexity index is 1270. The molecular formula is C29H36N4O4. The molecule has 5 fully saturated rings. The lowest BCUT2D eigenvalue weighted by Gasteiger charge is -2.58. The number of amides is 1. The van der Waals surface area contributed by atoms with Crippen molar-refractivity contribution in [2.45, 2.75) is 94.4 Å². The van der Waals surface area contributed by atoms with E-state index in [9.17, 15) is 14.7 Å². The molecule has 2 aromatic rings. The Morgan fingerprint density at radius 2 is 1.92 bits per heavy atom. The summed E-state index contributed by atoms with van der Waals surface area (Å²) in [7, 11) is 1.72. The Morgan fingerprint density at radius 1 is 1.16 bits per heavy atom. The van der Waals surface area contributed by atoms with Crippen LogP contribution in [0.15, 0.2) is 12.3 Å². The molecule has 2 N–H and O–H groups in total. The van der Waals surface area contributed by atoms with Crippen LogP contribution in [0.3, 0.4) is 0 Å². The summed E-state index contributed by atoms with van der Waals surface area (Å²) in [5.41, 5.74) is 3.30. The van der Waals surface area contributed by atoms with Crippen LogP contribution in [0.5, 0.6) is 0 Å². The van der Waals surface area contributed by atoms with Crippen molar-refractivity contribution in [3.05, 3.63) is 29.2 Å². The molecule has 0 aliphatic heterocycles. The van der Waals surface area contributed by atoms with Gasteiger partial charge >= 0.3 is 0 Å². The van der Waals surface area contributed by atoms with Crippen molar-refractivity contribution in [2.24, 2.45) is 17.8 Å². The molecule has 4 bridgehead atoms. The van der Waals surface area contributed by atoms with Crippen molar-refractivity contribution in [1.29, 1.82) is 0 Å². The number of nitrogens with one attached hydrogen (secondary N) is 1. The van der Waals surface area contributed by atoms with E-state index in [4.69, 9.17) is 14.8 Å². The van der Waals surface area contributed by atoms with E-state index in [1.165, 1.54) is 0 Å². The van der Waals surface area contributed by atoms with Crippen LogP contribution in [-0.2, 0) is 27.2 Å². The molecule has 0 aromatic carbocycles. The average Bonchev–Trinajstić information content (AvgIpc) is 3.48. The van der Waals surface area contributed by atoms with Crippen LogP contribution in [-0.4, -0.2) is 56.4 Å². The molecule has 196 valence electrons. The van der Waals surface area contributed by atoms with E-state index in [-0.39, 0.29) is 24.6 Å². The number of hydrogen-bond acceptors (Lipinski definition) is 6. The van der Waals surface area contributed by atoms with Crippen LogP contribution in [0.4, 0.5) is 0 Å². The Labute approximate surface area is 216 Å². The molecule has 5 saturated carbocycles. The zero-order chi connectivity index (χ0) is 25.3. The lowest BCUT2D eigenvalue weighted by Crippen LogP contribution is -2.55. The highest BCUT2D eigenvalue weighted by molar-refractivity contribution is 6.36. The van der Waals surface area contributed by atoms with Crippen molar-refractivity contribution in [2.75, 3.05) is 7.11 Å². The zero-order valence-corrected chi connectivity index (χ0v) is 21.5. The summed E-state index contributed by atoms with van der Waals surface area (Å²) >= 11 is 0. The molecule has 6 aliphatic carbocycles. The molecule has 2 heterocycles. The number of ketones is 1. The van der Waals surface area contributed by atoms with E-state index in [0.29, 0.717) is 23.4 Å². The molecule has 8 heteroatoms. The fourth-order valence-electron chi connectivity index (χ4n) is 8.51. The van der Waals surface area contributed by atoms with Gasteiger partial charge in [-0.15, -0.1) is 0 Å². The highest BCUT2D eigenvalue weighted by atomic mass is 16.5. The maximum atomic E-state index is 13.1. The molecule has 5 atom stereocenters. The smallest absolute Gasteiger partial charge is 0.288 e. The van der Waals surface area contributed by atoms with Crippen molar-refractivity contribution in [1.82, 2.24) is 20.1 Å². The lowest BCUT2D eigenvalue weighted by atomic mass is 9.52. The molecule has 2 aromatic heterocycles. The molecule has 8 rings (SSSR count). The van der Waals surface area contributed by atoms with Gasteiger partial charge in [0.05, 0.1) is 41.1 Å². The number of nitrogens with zero attached hydrogens (tertiary/aromatic N) is 3. The van der Waals surface area contributed by atoms with E-state index in [1.54, 1.807) is 7.11 Å². The first kappa shape index (κ1) is 23.5. The minimum Gasteiger partial charge on any atom is -0.390 e. The van der Waals surface area contributed by atoms with E-state index < -0.39 is 17.3 Å². The molecule has 37 heavy (non-hydrogen) atoms. The van der Waals surface area contributed by atoms with Gasteiger partial charge in [-0.25, -0.2) is 0 Å². The number of rotatable bonds is 6. The second-order valence-electron chi connectivity index (χ2n) is 12.3. The van der Waals surface area contributed by atoms with Crippen molar-refractivity contribution in [3.8, 4) is 0 Å². The summed E-state index contributed by atoms with van der Waals surface area (Å²) in [5.74, 6) is 0.423. The standard InChI is InChI=1S/C29H36N4O4/c1-37-20-7-5-19(6-8-20)31-28(35)25(34)11-24-22-15-30-23-4-2-3-21(23)27(22)33(32-24)26-17-9-16-10-18(26)14-29(36,12-16)13-17/h2-3,15-20,26,36H,4-14H2,1H3,(H,31,35)/t16?,17-,18+,19?,20?,26?,29?. The largest absolute Gasteiger partial charge is 0.390 e.